The van der Waals surface area contributed by atoms with Crippen molar-refractivity contribution in [2.45, 2.75) is 40.6 Å². The molecule has 0 spiro atoms. The third kappa shape index (κ3) is 5.72. The van der Waals surface area contributed by atoms with E-state index >= 15 is 0 Å². The van der Waals surface area contributed by atoms with Gasteiger partial charge in [-0.05, 0) is 72.4 Å². The summed E-state index contributed by atoms with van der Waals surface area (Å²) in [5.41, 5.74) is 0.789. The highest BCUT2D eigenvalue weighted by molar-refractivity contribution is 7.95. The monoisotopic (exact) mass is 588 g/mol. The Morgan fingerprint density at radius 2 is 1.61 bits per heavy atom. The van der Waals surface area contributed by atoms with Crippen LogP contribution >= 0.6 is 23.2 Å². The van der Waals surface area contributed by atoms with Gasteiger partial charge in [0.2, 0.25) is 13.5 Å². The highest BCUT2D eigenvalue weighted by Crippen LogP contribution is 2.47. The summed E-state index contributed by atoms with van der Waals surface area (Å²) in [6, 6.07) is 13.0. The van der Waals surface area contributed by atoms with E-state index in [1.165, 1.54) is 48.5 Å². The van der Waals surface area contributed by atoms with E-state index in [1.54, 1.807) is 0 Å². The molecule has 1 aliphatic carbocycles. The number of halogens is 5. The normalized spacial score (nSPS) is 13.7. The van der Waals surface area contributed by atoms with Crippen LogP contribution in [-0.2, 0) is 43.9 Å². The highest BCUT2D eigenvalue weighted by atomic mass is 35.5. The molecule has 6 nitrogen and oxygen atoms in total. The van der Waals surface area contributed by atoms with Crippen LogP contribution in [0.25, 0.3) is 0 Å². The summed E-state index contributed by atoms with van der Waals surface area (Å²) in [6.07, 6.45) is -2.86. The second-order valence-corrected chi connectivity index (χ2v) is 12.4. The van der Waals surface area contributed by atoms with Gasteiger partial charge in [0.05, 0.1) is 10.5 Å². The average Bonchev–Trinajstić information content (AvgIpc) is 3.36. The maximum atomic E-state index is 13.7. The van der Waals surface area contributed by atoms with Crippen LogP contribution in [0.2, 0.25) is 0 Å². The Morgan fingerprint density at radius 1 is 0.921 bits per heavy atom. The van der Waals surface area contributed by atoms with Gasteiger partial charge in [0, 0.05) is 5.56 Å². The van der Waals surface area contributed by atoms with Crippen LogP contribution in [0.1, 0.15) is 34.2 Å². The first-order valence-corrected chi connectivity index (χ1v) is 13.6. The van der Waals surface area contributed by atoms with Crippen LogP contribution in [0.3, 0.4) is 0 Å². The van der Waals surface area contributed by atoms with Crippen molar-refractivity contribution in [3.8, 4) is 11.5 Å². The first-order chi connectivity index (χ1) is 17.8. The number of hydrogen-bond acceptors (Lipinski definition) is 5. The molecule has 0 fully saturated rings. The van der Waals surface area contributed by atoms with Crippen LogP contribution in [0.15, 0.2) is 65.6 Å². The molecule has 3 aromatic rings. The topological polar surface area (TPSA) is 89.9 Å². The van der Waals surface area contributed by atoms with Crippen molar-refractivity contribution in [2.24, 2.45) is 0 Å². The summed E-state index contributed by atoms with van der Waals surface area (Å²) < 4.78 is 74.2. The quantitative estimate of drug-likeness (QED) is 0.295. The predicted octanol–water partition coefficient (Wildman–Crippen LogP) is 6.30. The van der Waals surface area contributed by atoms with Gasteiger partial charge in [-0.1, -0.05) is 47.5 Å². The Hall–Kier alpha value is -2.95. The standard InChI is InChI=1S/C26H21Cl2F3O6S/c27-25(28,38(34,35)23-12-11-22(37-15-24(32)33)20-5-2-6-21(20)23)18-3-1-4-19(13-18)36-14-16-7-9-17(10-8-16)26(29,30)31/h1,3-4,7-13H,2,5-6,14-15H2,(H,32,33). The van der Waals surface area contributed by atoms with Gasteiger partial charge in [-0.3, -0.25) is 0 Å². The summed E-state index contributed by atoms with van der Waals surface area (Å²) >= 11 is 13.0. The summed E-state index contributed by atoms with van der Waals surface area (Å²) in [4.78, 5) is 10.8. The zero-order valence-corrected chi connectivity index (χ0v) is 21.9. The van der Waals surface area contributed by atoms with E-state index in [-0.39, 0.29) is 22.8 Å². The molecule has 3 aromatic carbocycles. The molecule has 0 saturated carbocycles. The van der Waals surface area contributed by atoms with E-state index in [9.17, 15) is 26.4 Å². The molecule has 1 N–H and O–H groups in total. The lowest BCUT2D eigenvalue weighted by atomic mass is 10.1. The number of ether oxygens (including phenoxy) is 2. The number of carbonyl (C=O) groups is 1. The van der Waals surface area contributed by atoms with E-state index < -0.39 is 37.8 Å². The molecule has 0 aromatic heterocycles. The van der Waals surface area contributed by atoms with Crippen LogP contribution < -0.4 is 9.47 Å². The van der Waals surface area contributed by atoms with Gasteiger partial charge >= 0.3 is 12.1 Å². The van der Waals surface area contributed by atoms with Crippen molar-refractivity contribution < 1.29 is 41.0 Å². The van der Waals surface area contributed by atoms with Crippen molar-refractivity contribution in [1.29, 1.82) is 0 Å². The van der Waals surface area contributed by atoms with Gasteiger partial charge in [-0.15, -0.1) is 0 Å². The molecule has 0 bridgehead atoms. The van der Waals surface area contributed by atoms with Crippen LogP contribution in [-0.4, -0.2) is 26.1 Å². The summed E-state index contributed by atoms with van der Waals surface area (Å²) in [6.45, 7) is -0.635. The van der Waals surface area contributed by atoms with E-state index in [0.717, 1.165) is 12.1 Å². The van der Waals surface area contributed by atoms with E-state index in [0.29, 0.717) is 41.7 Å². The third-order valence-corrected chi connectivity index (χ3v) is 9.56. The van der Waals surface area contributed by atoms with Gasteiger partial charge in [-0.2, -0.15) is 13.2 Å². The number of alkyl halides is 5. The molecule has 0 unspecified atom stereocenters. The summed E-state index contributed by atoms with van der Waals surface area (Å²) in [5, 5.41) is 8.90. The van der Waals surface area contributed by atoms with Crippen LogP contribution in [0.5, 0.6) is 11.5 Å². The molecular weight excluding hydrogens is 568 g/mol. The fourth-order valence-electron chi connectivity index (χ4n) is 4.18. The highest BCUT2D eigenvalue weighted by Gasteiger charge is 2.45. The summed E-state index contributed by atoms with van der Waals surface area (Å²) in [7, 11) is -4.37. The van der Waals surface area contributed by atoms with Crippen molar-refractivity contribution >= 4 is 39.0 Å². The average molecular weight is 589 g/mol. The van der Waals surface area contributed by atoms with Crippen LogP contribution in [0, 0.1) is 0 Å². The van der Waals surface area contributed by atoms with Gasteiger partial charge < -0.3 is 14.6 Å². The SMILES string of the molecule is O=C(O)COc1ccc(S(=O)(=O)C(Cl)(Cl)c2cccc(OCc3ccc(C(F)(F)F)cc3)c2)c2c1CCC2. The van der Waals surface area contributed by atoms with Crippen molar-refractivity contribution in [3.63, 3.8) is 0 Å². The number of aliphatic carboxylic acids is 1. The summed E-state index contributed by atoms with van der Waals surface area (Å²) in [5.74, 6) is -0.646. The smallest absolute Gasteiger partial charge is 0.416 e. The number of carboxylic acid groups (broad SMARTS) is 1. The number of hydrogen-bond donors (Lipinski definition) is 1. The lowest BCUT2D eigenvalue weighted by molar-refractivity contribution is -0.139. The van der Waals surface area contributed by atoms with E-state index in [4.69, 9.17) is 37.8 Å². The molecule has 38 heavy (non-hydrogen) atoms. The Morgan fingerprint density at radius 3 is 2.26 bits per heavy atom. The minimum absolute atomic E-state index is 0.0173. The zero-order valence-electron chi connectivity index (χ0n) is 19.6. The van der Waals surface area contributed by atoms with Gasteiger partial charge in [-0.25, -0.2) is 13.2 Å². The number of rotatable bonds is 9. The third-order valence-electron chi connectivity index (χ3n) is 6.03. The van der Waals surface area contributed by atoms with E-state index in [1.807, 2.05) is 0 Å². The Balaban J connectivity index is 1.57. The number of benzene rings is 3. The minimum atomic E-state index is -4.45. The molecule has 0 radical (unpaired) electrons. The molecule has 0 amide bonds. The van der Waals surface area contributed by atoms with Gasteiger partial charge in [0.1, 0.15) is 18.1 Å². The fourth-order valence-corrected chi connectivity index (χ4v) is 6.43. The van der Waals surface area contributed by atoms with Gasteiger partial charge in [0.25, 0.3) is 0 Å². The van der Waals surface area contributed by atoms with Gasteiger partial charge in [0.15, 0.2) is 6.61 Å². The molecule has 0 aliphatic heterocycles. The first-order valence-electron chi connectivity index (χ1n) is 11.3. The van der Waals surface area contributed by atoms with Crippen molar-refractivity contribution in [1.82, 2.24) is 0 Å². The van der Waals surface area contributed by atoms with E-state index in [2.05, 4.69) is 0 Å². The lowest BCUT2D eigenvalue weighted by Gasteiger charge is -2.23. The second kappa shape index (κ2) is 10.7. The van der Waals surface area contributed by atoms with Crippen molar-refractivity contribution in [2.75, 3.05) is 6.61 Å². The lowest BCUT2D eigenvalue weighted by Crippen LogP contribution is -2.25. The molecular formula is C26H21Cl2F3O6S. The second-order valence-electron chi connectivity index (χ2n) is 8.59. The Kier molecular flexibility index (Phi) is 7.88. The maximum absolute atomic E-state index is 13.7. The Labute approximate surface area is 226 Å². The molecule has 4 rings (SSSR count). The molecule has 12 heteroatoms. The van der Waals surface area contributed by atoms with Crippen molar-refractivity contribution in [3.05, 3.63) is 88.5 Å². The maximum Gasteiger partial charge on any atom is 0.416 e. The van der Waals surface area contributed by atoms with Crippen LogP contribution in [0.4, 0.5) is 13.2 Å². The Bertz CT molecular complexity index is 1450. The minimum Gasteiger partial charge on any atom is -0.489 e. The number of carboxylic acids is 1. The fraction of sp³-hybridized carbons (Fsp3) is 0.269. The number of sulfone groups is 1. The molecule has 0 atom stereocenters. The molecule has 202 valence electrons. The first kappa shape index (κ1) is 28.1. The number of fused-ring (bicyclic) bond motifs is 1. The molecule has 1 aliphatic rings. The molecule has 0 saturated heterocycles. The zero-order chi connectivity index (χ0) is 27.7. The largest absolute Gasteiger partial charge is 0.489 e. The molecule has 0 heterocycles. The predicted molar refractivity (Wildman–Crippen MR) is 134 cm³/mol.